The smallest absolute Gasteiger partial charge is 0.344 e. The number of nitro groups is 1. The summed E-state index contributed by atoms with van der Waals surface area (Å²) in [5, 5.41) is 15.4. The number of nitrogens with zero attached hydrogens (tertiary/aromatic N) is 6. The average Bonchev–Trinajstić information content (AvgIpc) is 3.23. The fourth-order valence-corrected chi connectivity index (χ4v) is 4.87. The third kappa shape index (κ3) is 4.29. The van der Waals surface area contributed by atoms with Crippen molar-refractivity contribution in [2.24, 2.45) is 0 Å². The molecule has 0 amide bonds. The summed E-state index contributed by atoms with van der Waals surface area (Å²) >= 11 is 0.836. The van der Waals surface area contributed by atoms with Crippen LogP contribution < -0.4 is 15.4 Å². The third-order valence-electron chi connectivity index (χ3n) is 5.53. The predicted molar refractivity (Wildman–Crippen MR) is 120 cm³/mol. The van der Waals surface area contributed by atoms with Gasteiger partial charge in [-0.05, 0) is 12.5 Å². The van der Waals surface area contributed by atoms with Crippen LogP contribution in [0, 0.1) is 17.0 Å². The normalized spacial score (nSPS) is 15.3. The van der Waals surface area contributed by atoms with E-state index in [0.717, 1.165) is 18.3 Å². The maximum absolute atomic E-state index is 13.4. The van der Waals surface area contributed by atoms with Gasteiger partial charge in [-0.3, -0.25) is 14.9 Å². The van der Waals surface area contributed by atoms with Crippen LogP contribution in [0.5, 0.6) is 0 Å². The van der Waals surface area contributed by atoms with Crippen molar-refractivity contribution >= 4 is 38.3 Å². The van der Waals surface area contributed by atoms with Gasteiger partial charge in [0.2, 0.25) is 0 Å². The fourth-order valence-electron chi connectivity index (χ4n) is 3.66. The highest BCUT2D eigenvalue weighted by atomic mass is 32.1. The standard InChI is InChI=1S/C20H21F3N6O4S/c1-10-11(20(21,22)23)9-12(29(31)32)14-13(10)15(30)24-18(34-14)28-7-5-27(6-8-28)17-25-16(26-33-17)19(2,3)4/h9H,5-8H2,1-4H3. The van der Waals surface area contributed by atoms with Crippen LogP contribution in [0.3, 0.4) is 0 Å². The molecule has 0 spiro atoms. The second-order valence-electron chi connectivity index (χ2n) is 8.95. The highest BCUT2D eigenvalue weighted by Crippen LogP contribution is 2.41. The van der Waals surface area contributed by atoms with Gasteiger partial charge in [-0.15, -0.1) is 0 Å². The first-order chi connectivity index (χ1) is 15.8. The number of aryl methyl sites for hydroxylation is 1. The maximum Gasteiger partial charge on any atom is 0.416 e. The Bertz CT molecular complexity index is 1320. The molecular weight excluding hydrogens is 477 g/mol. The number of rotatable bonds is 3. The molecule has 10 nitrogen and oxygen atoms in total. The molecule has 0 radical (unpaired) electrons. The number of non-ortho nitro benzene ring substituents is 1. The van der Waals surface area contributed by atoms with Crippen LogP contribution in [-0.2, 0) is 11.6 Å². The first kappa shape index (κ1) is 23.9. The molecule has 2 aromatic heterocycles. The number of anilines is 2. The van der Waals surface area contributed by atoms with Crippen LogP contribution >= 0.6 is 11.3 Å². The summed E-state index contributed by atoms with van der Waals surface area (Å²) in [6, 6.07) is 0.854. The van der Waals surface area contributed by atoms with Crippen LogP contribution in [0.15, 0.2) is 15.4 Å². The van der Waals surface area contributed by atoms with Crippen LogP contribution in [-0.4, -0.2) is 46.2 Å². The summed E-state index contributed by atoms with van der Waals surface area (Å²) in [5.74, 6) is 0.570. The van der Waals surface area contributed by atoms with Gasteiger partial charge in [-0.2, -0.15) is 23.1 Å². The molecular formula is C20H21F3N6O4S. The molecule has 0 unspecified atom stereocenters. The molecule has 34 heavy (non-hydrogen) atoms. The maximum atomic E-state index is 13.4. The molecule has 14 heteroatoms. The number of fused-ring (bicyclic) bond motifs is 1. The number of hydrogen-bond acceptors (Lipinski definition) is 10. The Morgan fingerprint density at radius 3 is 2.26 bits per heavy atom. The van der Waals surface area contributed by atoms with Gasteiger partial charge < -0.3 is 14.3 Å². The Hall–Kier alpha value is -3.29. The van der Waals surface area contributed by atoms with Gasteiger partial charge in [0, 0.05) is 37.7 Å². The second-order valence-corrected chi connectivity index (χ2v) is 9.93. The highest BCUT2D eigenvalue weighted by Gasteiger charge is 2.37. The van der Waals surface area contributed by atoms with E-state index in [1.54, 1.807) is 4.90 Å². The Balaban J connectivity index is 1.66. The molecule has 0 bridgehead atoms. The van der Waals surface area contributed by atoms with Gasteiger partial charge in [-0.25, -0.2) is 0 Å². The van der Waals surface area contributed by atoms with E-state index < -0.39 is 27.9 Å². The molecule has 0 N–H and O–H groups in total. The largest absolute Gasteiger partial charge is 0.416 e. The van der Waals surface area contributed by atoms with Gasteiger partial charge in [0.1, 0.15) is 4.70 Å². The fraction of sp³-hybridized carbons (Fsp3) is 0.500. The second kappa shape index (κ2) is 8.18. The first-order valence-electron chi connectivity index (χ1n) is 10.3. The number of alkyl halides is 3. The van der Waals surface area contributed by atoms with Crippen molar-refractivity contribution in [3.8, 4) is 0 Å². The Morgan fingerprint density at radius 1 is 1.12 bits per heavy atom. The van der Waals surface area contributed by atoms with Crippen LogP contribution in [0.1, 0.15) is 37.7 Å². The number of hydrogen-bond donors (Lipinski definition) is 0. The van der Waals surface area contributed by atoms with Gasteiger partial charge in [0.05, 0.1) is 15.9 Å². The zero-order chi connectivity index (χ0) is 25.0. The number of piperazine rings is 1. The number of nitro benzene ring substituents is 1. The van der Waals surface area contributed by atoms with Crippen molar-refractivity contribution in [2.75, 3.05) is 36.0 Å². The van der Waals surface area contributed by atoms with E-state index in [1.165, 1.54) is 0 Å². The Morgan fingerprint density at radius 2 is 1.74 bits per heavy atom. The van der Waals surface area contributed by atoms with Crippen LogP contribution in [0.4, 0.5) is 30.0 Å². The zero-order valence-corrected chi connectivity index (χ0v) is 19.6. The van der Waals surface area contributed by atoms with Crippen LogP contribution in [0.25, 0.3) is 10.1 Å². The quantitative estimate of drug-likeness (QED) is 0.391. The molecule has 1 fully saturated rings. The lowest BCUT2D eigenvalue weighted by Crippen LogP contribution is -2.47. The van der Waals surface area contributed by atoms with E-state index in [0.29, 0.717) is 44.1 Å². The summed E-state index contributed by atoms with van der Waals surface area (Å²) in [7, 11) is 0. The lowest BCUT2D eigenvalue weighted by atomic mass is 9.96. The lowest BCUT2D eigenvalue weighted by Gasteiger charge is -2.33. The molecule has 4 rings (SSSR count). The summed E-state index contributed by atoms with van der Waals surface area (Å²) in [6.45, 7) is 8.73. The van der Waals surface area contributed by atoms with Crippen molar-refractivity contribution in [3.63, 3.8) is 0 Å². The zero-order valence-electron chi connectivity index (χ0n) is 18.8. The topological polar surface area (TPSA) is 118 Å². The minimum absolute atomic E-state index is 0.125. The summed E-state index contributed by atoms with van der Waals surface area (Å²) in [4.78, 5) is 35.4. The monoisotopic (exact) mass is 498 g/mol. The van der Waals surface area contributed by atoms with Crippen LogP contribution in [0.2, 0.25) is 0 Å². The van der Waals surface area contributed by atoms with Crippen molar-refractivity contribution < 1.29 is 22.6 Å². The molecule has 1 saturated heterocycles. The first-order valence-corrected chi connectivity index (χ1v) is 11.1. The molecule has 1 aromatic carbocycles. The third-order valence-corrected chi connectivity index (χ3v) is 6.68. The molecule has 182 valence electrons. The van der Waals surface area contributed by atoms with Gasteiger partial charge in [0.15, 0.2) is 11.0 Å². The number of aromatic nitrogens is 3. The minimum atomic E-state index is -4.84. The SMILES string of the molecule is Cc1c(C(F)(F)F)cc([N+](=O)[O-])c2sc(N3CCN(c4nc(C(C)(C)C)no4)CC3)nc(=O)c12. The van der Waals surface area contributed by atoms with Crippen molar-refractivity contribution in [3.05, 3.63) is 43.5 Å². The van der Waals surface area contributed by atoms with Crippen molar-refractivity contribution in [1.29, 1.82) is 0 Å². The highest BCUT2D eigenvalue weighted by molar-refractivity contribution is 7.22. The van der Waals surface area contributed by atoms with Crippen molar-refractivity contribution in [2.45, 2.75) is 39.3 Å². The lowest BCUT2D eigenvalue weighted by molar-refractivity contribution is -0.383. The summed E-state index contributed by atoms with van der Waals surface area (Å²) in [5.41, 5.74) is -3.55. The summed E-state index contributed by atoms with van der Waals surface area (Å²) < 4.78 is 45.4. The van der Waals surface area contributed by atoms with Crippen molar-refractivity contribution in [1.82, 2.24) is 15.1 Å². The Labute approximate surface area is 195 Å². The number of halogens is 3. The molecule has 0 atom stereocenters. The molecule has 0 aliphatic carbocycles. The van der Waals surface area contributed by atoms with E-state index in [9.17, 15) is 28.1 Å². The van der Waals surface area contributed by atoms with E-state index >= 15 is 0 Å². The average molecular weight is 498 g/mol. The van der Waals surface area contributed by atoms with Gasteiger partial charge in [0.25, 0.3) is 11.2 Å². The van der Waals surface area contributed by atoms with Gasteiger partial charge in [-0.1, -0.05) is 37.3 Å². The minimum Gasteiger partial charge on any atom is -0.344 e. The van der Waals surface area contributed by atoms with E-state index in [2.05, 4.69) is 15.1 Å². The summed E-state index contributed by atoms with van der Waals surface area (Å²) in [6.07, 6.45) is -4.84. The predicted octanol–water partition coefficient (Wildman–Crippen LogP) is 3.90. The van der Waals surface area contributed by atoms with E-state index in [-0.39, 0.29) is 26.2 Å². The van der Waals surface area contributed by atoms with Gasteiger partial charge >= 0.3 is 12.2 Å². The molecule has 3 heterocycles. The van der Waals surface area contributed by atoms with E-state index in [4.69, 9.17) is 4.52 Å². The van der Waals surface area contributed by atoms with E-state index in [1.807, 2.05) is 25.7 Å². The molecule has 1 aliphatic rings. The molecule has 1 aliphatic heterocycles. The molecule has 3 aromatic rings. The molecule has 0 saturated carbocycles. The number of benzene rings is 1. The Kier molecular flexibility index (Phi) is 5.74.